The molecule has 3 saturated carbocycles. The van der Waals surface area contributed by atoms with Crippen LogP contribution in [0.2, 0.25) is 0 Å². The van der Waals surface area contributed by atoms with Crippen molar-refractivity contribution in [3.05, 3.63) is 23.8 Å². The molecule has 3 fully saturated rings. The van der Waals surface area contributed by atoms with Crippen LogP contribution in [0.3, 0.4) is 0 Å². The minimum atomic E-state index is -2.00. The number of hydrogen-bond donors (Lipinski definition) is 4. The molecule has 1 unspecified atom stereocenters. The number of rotatable bonds is 6. The molecule has 0 aromatic heterocycles. The van der Waals surface area contributed by atoms with E-state index in [4.69, 9.17) is 4.74 Å². The second-order valence-corrected chi connectivity index (χ2v) is 14.7. The number of aliphatic hydroxyl groups is 4. The minimum Gasteiger partial charge on any atom is -0.456 e. The van der Waals surface area contributed by atoms with Gasteiger partial charge in [-0.05, 0) is 81.3 Å². The monoisotopic (exact) mass is 560 g/mol. The van der Waals surface area contributed by atoms with Gasteiger partial charge < -0.3 is 25.2 Å². The summed E-state index contributed by atoms with van der Waals surface area (Å²) in [4.78, 5) is 39.3. The fraction of sp³-hybridized carbons (Fsp3) is 0.781. The van der Waals surface area contributed by atoms with Gasteiger partial charge in [-0.25, -0.2) is 0 Å². The van der Waals surface area contributed by atoms with Crippen LogP contribution in [-0.4, -0.2) is 68.0 Å². The number of carbonyl (C=O) groups excluding carboxylic acids is 3. The number of ether oxygens (including phenoxy) is 1. The highest BCUT2D eigenvalue weighted by Crippen LogP contribution is 2.74. The minimum absolute atomic E-state index is 0.0150. The highest BCUT2D eigenvalue weighted by atomic mass is 16.6. The maximum Gasteiger partial charge on any atom is 0.303 e. The van der Waals surface area contributed by atoms with Gasteiger partial charge in [0.05, 0.1) is 24.2 Å². The molecule has 0 heterocycles. The van der Waals surface area contributed by atoms with Gasteiger partial charge >= 0.3 is 5.97 Å². The first-order chi connectivity index (χ1) is 18.2. The van der Waals surface area contributed by atoms with E-state index in [0.29, 0.717) is 19.3 Å². The standard InChI is InChI=1S/C32H48O8/c1-18(34)40-27(2,3)14-13-24(37)31(8,39)26-21(35)15-29(6)22-11-9-19-20(10-12-23(36)28(19,4)5)32(22,17-33)25(38)16-30(26,29)7/h9,13-14,20-23,26,33,35-36,39H,10-12,15-17H2,1-8H3/t20-,21-,22+,23-,26?,29+,30-,31+,32+/m1/s1. The number of ketones is 2. The smallest absolute Gasteiger partial charge is 0.303 e. The molecule has 0 radical (unpaired) electrons. The van der Waals surface area contributed by atoms with Gasteiger partial charge in [0, 0.05) is 24.7 Å². The van der Waals surface area contributed by atoms with Crippen LogP contribution >= 0.6 is 0 Å². The highest BCUT2D eigenvalue weighted by molar-refractivity contribution is 5.97. The van der Waals surface area contributed by atoms with Crippen molar-refractivity contribution in [1.29, 1.82) is 0 Å². The number of fused-ring (bicyclic) bond motifs is 5. The first-order valence-corrected chi connectivity index (χ1v) is 14.6. The van der Waals surface area contributed by atoms with Crippen molar-refractivity contribution in [2.75, 3.05) is 6.61 Å². The number of hydrogen-bond acceptors (Lipinski definition) is 8. The van der Waals surface area contributed by atoms with Crippen LogP contribution in [0.4, 0.5) is 0 Å². The number of allylic oxidation sites excluding steroid dienone is 1. The molecule has 40 heavy (non-hydrogen) atoms. The van der Waals surface area contributed by atoms with Crippen molar-refractivity contribution in [2.45, 2.75) is 111 Å². The molecule has 0 spiro atoms. The summed E-state index contributed by atoms with van der Waals surface area (Å²) >= 11 is 0. The summed E-state index contributed by atoms with van der Waals surface area (Å²) in [6.07, 6.45) is 5.10. The Hall–Kier alpha value is -1.87. The Morgan fingerprint density at radius 1 is 1.10 bits per heavy atom. The fourth-order valence-corrected chi connectivity index (χ4v) is 9.56. The van der Waals surface area contributed by atoms with Gasteiger partial charge in [-0.2, -0.15) is 0 Å². The topological polar surface area (TPSA) is 141 Å². The van der Waals surface area contributed by atoms with E-state index in [1.165, 1.54) is 26.0 Å². The number of carbonyl (C=O) groups is 3. The fourth-order valence-electron chi connectivity index (χ4n) is 9.56. The van der Waals surface area contributed by atoms with Crippen LogP contribution in [0.15, 0.2) is 23.8 Å². The summed E-state index contributed by atoms with van der Waals surface area (Å²) < 4.78 is 5.23. The first kappa shape index (κ1) is 31.1. The molecule has 4 aliphatic carbocycles. The summed E-state index contributed by atoms with van der Waals surface area (Å²) in [5.41, 5.74) is -5.21. The van der Waals surface area contributed by atoms with Gasteiger partial charge in [0.25, 0.3) is 0 Å². The predicted octanol–water partition coefficient (Wildman–Crippen LogP) is 3.29. The number of esters is 1. The second-order valence-electron chi connectivity index (χ2n) is 14.7. The van der Waals surface area contributed by atoms with Gasteiger partial charge in [0.1, 0.15) is 17.0 Å². The third kappa shape index (κ3) is 4.19. The molecule has 0 aliphatic heterocycles. The molecule has 8 heteroatoms. The predicted molar refractivity (Wildman–Crippen MR) is 149 cm³/mol. The molecule has 0 amide bonds. The molecular weight excluding hydrogens is 512 g/mol. The average Bonchev–Trinajstić information content (AvgIpc) is 3.03. The molecule has 4 rings (SSSR count). The lowest BCUT2D eigenvalue weighted by atomic mass is 9.38. The lowest BCUT2D eigenvalue weighted by Gasteiger charge is -2.65. The summed E-state index contributed by atoms with van der Waals surface area (Å²) in [6, 6.07) is 0. The Kier molecular flexibility index (Phi) is 7.44. The van der Waals surface area contributed by atoms with E-state index in [1.54, 1.807) is 13.8 Å². The van der Waals surface area contributed by atoms with Crippen LogP contribution in [-0.2, 0) is 19.1 Å². The van der Waals surface area contributed by atoms with Crippen LogP contribution in [0, 0.1) is 39.4 Å². The van der Waals surface area contributed by atoms with E-state index in [2.05, 4.69) is 6.08 Å². The SMILES string of the molecule is CC(=O)OC(C)(C)C=CC(=O)[C@](C)(O)C1[C@H](O)C[C@@]2(C)[C@@H]3CC=C4[C@@H](CC[C@@H](O)C4(C)C)[C@]3(CO)C(=O)C[C@]12C. The quantitative estimate of drug-likeness (QED) is 0.220. The largest absolute Gasteiger partial charge is 0.456 e. The summed E-state index contributed by atoms with van der Waals surface area (Å²) in [5.74, 6) is -2.70. The molecule has 0 aromatic rings. The number of Topliss-reactive ketones (excluding diaryl/α,β-unsaturated/α-hetero) is 1. The average molecular weight is 561 g/mol. The van der Waals surface area contributed by atoms with E-state index >= 15 is 0 Å². The molecule has 9 atom stereocenters. The Morgan fingerprint density at radius 3 is 2.30 bits per heavy atom. The Bertz CT molecular complexity index is 1150. The summed E-state index contributed by atoms with van der Waals surface area (Å²) in [7, 11) is 0. The molecule has 8 nitrogen and oxygen atoms in total. The molecule has 0 saturated heterocycles. The van der Waals surface area contributed by atoms with Crippen molar-refractivity contribution >= 4 is 17.5 Å². The van der Waals surface area contributed by atoms with E-state index < -0.39 is 62.7 Å². The maximum absolute atomic E-state index is 14.4. The maximum atomic E-state index is 14.4. The normalized spacial score (nSPS) is 42.4. The molecular formula is C32H48O8. The van der Waals surface area contributed by atoms with E-state index in [-0.39, 0.29) is 37.1 Å². The van der Waals surface area contributed by atoms with E-state index in [1.807, 2.05) is 27.7 Å². The van der Waals surface area contributed by atoms with Crippen molar-refractivity contribution in [2.24, 2.45) is 39.4 Å². The Labute approximate surface area is 237 Å². The van der Waals surface area contributed by atoms with Gasteiger partial charge in [-0.1, -0.05) is 39.3 Å². The van der Waals surface area contributed by atoms with E-state index in [9.17, 15) is 34.8 Å². The number of aliphatic hydroxyl groups excluding tert-OH is 3. The van der Waals surface area contributed by atoms with Crippen LogP contribution in [0.25, 0.3) is 0 Å². The lowest BCUT2D eigenvalue weighted by molar-refractivity contribution is -0.191. The second kappa shape index (κ2) is 9.58. The van der Waals surface area contributed by atoms with Crippen molar-refractivity contribution in [1.82, 2.24) is 0 Å². The van der Waals surface area contributed by atoms with Crippen molar-refractivity contribution in [3.63, 3.8) is 0 Å². The van der Waals surface area contributed by atoms with Gasteiger partial charge in [0.2, 0.25) is 0 Å². The molecule has 4 N–H and O–H groups in total. The summed E-state index contributed by atoms with van der Waals surface area (Å²) in [6.45, 7) is 13.5. The summed E-state index contributed by atoms with van der Waals surface area (Å²) in [5, 5.41) is 45.1. The van der Waals surface area contributed by atoms with Crippen LogP contribution < -0.4 is 0 Å². The highest BCUT2D eigenvalue weighted by Gasteiger charge is 2.75. The van der Waals surface area contributed by atoms with Gasteiger partial charge in [-0.15, -0.1) is 0 Å². The lowest BCUT2D eigenvalue weighted by Crippen LogP contribution is -2.66. The Balaban J connectivity index is 1.76. The van der Waals surface area contributed by atoms with Gasteiger partial charge in [0.15, 0.2) is 5.78 Å². The molecule has 4 aliphatic rings. The Morgan fingerprint density at radius 2 is 1.73 bits per heavy atom. The van der Waals surface area contributed by atoms with Crippen molar-refractivity contribution < 1.29 is 39.5 Å². The van der Waals surface area contributed by atoms with Crippen LogP contribution in [0.5, 0.6) is 0 Å². The zero-order valence-electron chi connectivity index (χ0n) is 25.3. The van der Waals surface area contributed by atoms with E-state index in [0.717, 1.165) is 5.57 Å². The third-order valence-corrected chi connectivity index (χ3v) is 11.7. The molecule has 224 valence electrons. The molecule has 0 aromatic carbocycles. The molecule has 0 bridgehead atoms. The third-order valence-electron chi connectivity index (χ3n) is 11.7. The van der Waals surface area contributed by atoms with Crippen molar-refractivity contribution in [3.8, 4) is 0 Å². The van der Waals surface area contributed by atoms with Crippen LogP contribution in [0.1, 0.15) is 87.5 Å². The zero-order valence-corrected chi connectivity index (χ0v) is 25.3. The zero-order chi connectivity index (χ0) is 30.3. The first-order valence-electron chi connectivity index (χ1n) is 14.6. The van der Waals surface area contributed by atoms with Gasteiger partial charge in [-0.3, -0.25) is 14.4 Å².